The third-order valence-electron chi connectivity index (χ3n) is 3.89. The van der Waals surface area contributed by atoms with E-state index >= 15 is 0 Å². The molecule has 1 aliphatic rings. The van der Waals surface area contributed by atoms with Crippen molar-refractivity contribution in [3.8, 4) is 11.6 Å². The van der Waals surface area contributed by atoms with Crippen molar-refractivity contribution < 1.29 is 26.9 Å². The number of rotatable bonds is 4. The van der Waals surface area contributed by atoms with Crippen LogP contribution in [0.3, 0.4) is 0 Å². The van der Waals surface area contributed by atoms with E-state index in [9.17, 15) is 18.5 Å². The topological polar surface area (TPSA) is 113 Å². The maximum Gasteiger partial charge on any atom is 0.530 e. The lowest BCUT2D eigenvalue weighted by atomic mass is 10.2. The maximum absolute atomic E-state index is 13.5. The van der Waals surface area contributed by atoms with Gasteiger partial charge in [-0.2, -0.15) is 4.39 Å². The summed E-state index contributed by atoms with van der Waals surface area (Å²) in [6, 6.07) is 6.01. The number of benzene rings is 1. The van der Waals surface area contributed by atoms with Crippen molar-refractivity contribution in [1.29, 1.82) is 0 Å². The van der Waals surface area contributed by atoms with Crippen LogP contribution in [0.1, 0.15) is 11.3 Å². The molecule has 0 spiro atoms. The van der Waals surface area contributed by atoms with E-state index in [1.165, 1.54) is 6.07 Å². The Morgan fingerprint density at radius 1 is 1.28 bits per heavy atom. The summed E-state index contributed by atoms with van der Waals surface area (Å²) >= 11 is 12.1. The molecule has 0 saturated carbocycles. The molecule has 152 valence electrons. The lowest BCUT2D eigenvalue weighted by molar-refractivity contribution is 0.118. The molecule has 9 nitrogen and oxygen atoms in total. The summed E-state index contributed by atoms with van der Waals surface area (Å²) in [5.41, 5.74) is -1.71. The van der Waals surface area contributed by atoms with E-state index in [4.69, 9.17) is 41.2 Å². The second kappa shape index (κ2) is 7.47. The average Bonchev–Trinajstić information content (AvgIpc) is 3.06. The zero-order valence-corrected chi connectivity index (χ0v) is 16.6. The molecule has 3 heterocycles. The number of phosphoric ester groups is 1. The normalized spacial score (nSPS) is 18.3. The second-order valence-electron chi connectivity index (χ2n) is 5.76. The molecular formula is C16H10Cl2FN2O7P. The minimum atomic E-state index is -4.05. The third kappa shape index (κ3) is 3.90. The zero-order chi connectivity index (χ0) is 20.8. The second-order valence-corrected chi connectivity index (χ2v) is 8.17. The molecular weight excluding hydrogens is 453 g/mol. The van der Waals surface area contributed by atoms with Crippen LogP contribution >= 0.6 is 31.0 Å². The molecule has 1 unspecified atom stereocenters. The molecule has 1 aromatic carbocycles. The number of hydrogen-bond donors (Lipinski definition) is 1. The van der Waals surface area contributed by atoms with E-state index in [1.807, 2.05) is 0 Å². The lowest BCUT2D eigenvalue weighted by Crippen LogP contribution is -2.30. The number of aromatic nitrogens is 2. The molecule has 0 amide bonds. The smallest absolute Gasteiger partial charge is 0.438 e. The Labute approximate surface area is 171 Å². The molecule has 13 heteroatoms. The quantitative estimate of drug-likeness (QED) is 0.586. The molecule has 0 saturated heterocycles. The highest BCUT2D eigenvalue weighted by Gasteiger charge is 2.37. The van der Waals surface area contributed by atoms with Crippen molar-refractivity contribution in [2.24, 2.45) is 0 Å². The Balaban J connectivity index is 1.58. The SMILES string of the molecule is O=c1[nH]c(=O)n(-c2cc3c(o2)COP(=O)(OCc2c(Cl)cccc2Cl)O3)cc1F. The van der Waals surface area contributed by atoms with Crippen molar-refractivity contribution in [2.45, 2.75) is 13.2 Å². The van der Waals surface area contributed by atoms with Crippen LogP contribution in [0.5, 0.6) is 5.75 Å². The van der Waals surface area contributed by atoms with Gasteiger partial charge >= 0.3 is 13.5 Å². The largest absolute Gasteiger partial charge is 0.530 e. The van der Waals surface area contributed by atoms with Gasteiger partial charge in [0, 0.05) is 21.7 Å². The van der Waals surface area contributed by atoms with Gasteiger partial charge in [0.05, 0.1) is 12.8 Å². The van der Waals surface area contributed by atoms with Gasteiger partial charge < -0.3 is 8.94 Å². The van der Waals surface area contributed by atoms with Gasteiger partial charge in [0.1, 0.15) is 6.61 Å². The molecule has 1 atom stereocenters. The molecule has 3 aromatic rings. The molecule has 29 heavy (non-hydrogen) atoms. The van der Waals surface area contributed by atoms with E-state index in [0.29, 0.717) is 26.4 Å². The predicted octanol–water partition coefficient (Wildman–Crippen LogP) is 3.80. The Morgan fingerprint density at radius 2 is 2.00 bits per heavy atom. The Bertz CT molecular complexity index is 1250. The fourth-order valence-corrected chi connectivity index (χ4v) is 4.11. The summed E-state index contributed by atoms with van der Waals surface area (Å²) < 4.78 is 48.0. The molecule has 0 aliphatic carbocycles. The van der Waals surface area contributed by atoms with Crippen LogP contribution in [-0.2, 0) is 26.8 Å². The van der Waals surface area contributed by atoms with Crippen molar-refractivity contribution in [2.75, 3.05) is 0 Å². The zero-order valence-electron chi connectivity index (χ0n) is 14.2. The summed E-state index contributed by atoms with van der Waals surface area (Å²) in [5.74, 6) is -1.31. The van der Waals surface area contributed by atoms with Crippen molar-refractivity contribution in [1.82, 2.24) is 9.55 Å². The number of H-pyrrole nitrogens is 1. The van der Waals surface area contributed by atoms with Gasteiger partial charge in [0.25, 0.3) is 5.56 Å². The van der Waals surface area contributed by atoms with Crippen LogP contribution in [0.15, 0.2) is 44.5 Å². The van der Waals surface area contributed by atoms with E-state index < -0.39 is 24.9 Å². The standard InChI is InChI=1S/C16H10Cl2FN2O7P/c17-9-2-1-3-10(18)8(9)6-25-29(24)26-7-13-12(28-29)4-14(27-13)21-5-11(19)15(22)20-16(21)23/h1-5H,6-7H2,(H,20,22,23). The third-order valence-corrected chi connectivity index (χ3v) is 5.90. The van der Waals surface area contributed by atoms with Gasteiger partial charge in [-0.25, -0.2) is 13.9 Å². The Hall–Kier alpha value is -2.36. The van der Waals surface area contributed by atoms with Gasteiger partial charge in [0.15, 0.2) is 11.5 Å². The minimum Gasteiger partial charge on any atom is -0.438 e. The number of fused-ring (bicyclic) bond motifs is 1. The number of nitrogens with one attached hydrogen (secondary N) is 1. The van der Waals surface area contributed by atoms with Gasteiger partial charge in [-0.05, 0) is 12.1 Å². The number of halogens is 3. The average molecular weight is 463 g/mol. The number of phosphoric acid groups is 1. The van der Waals surface area contributed by atoms with Crippen LogP contribution in [0.4, 0.5) is 4.39 Å². The van der Waals surface area contributed by atoms with Crippen molar-refractivity contribution in [3.05, 3.63) is 78.5 Å². The first-order chi connectivity index (χ1) is 13.8. The monoisotopic (exact) mass is 462 g/mol. The van der Waals surface area contributed by atoms with Gasteiger partial charge in [-0.1, -0.05) is 29.3 Å². The number of nitrogens with zero attached hydrogens (tertiary/aromatic N) is 1. The first-order valence-electron chi connectivity index (χ1n) is 7.92. The van der Waals surface area contributed by atoms with E-state index in [2.05, 4.69) is 0 Å². The highest BCUT2D eigenvalue weighted by atomic mass is 35.5. The fraction of sp³-hybridized carbons (Fsp3) is 0.125. The van der Waals surface area contributed by atoms with Crippen LogP contribution < -0.4 is 15.8 Å². The number of furan rings is 1. The fourth-order valence-electron chi connectivity index (χ4n) is 2.47. The van der Waals surface area contributed by atoms with E-state index in [0.717, 1.165) is 0 Å². The van der Waals surface area contributed by atoms with Crippen LogP contribution in [0.2, 0.25) is 10.0 Å². The van der Waals surface area contributed by atoms with Crippen LogP contribution in [-0.4, -0.2) is 9.55 Å². The summed E-state index contributed by atoms with van der Waals surface area (Å²) in [4.78, 5) is 24.8. The van der Waals surface area contributed by atoms with Crippen LogP contribution in [0, 0.1) is 5.82 Å². The molecule has 0 bridgehead atoms. The number of hydrogen-bond acceptors (Lipinski definition) is 7. The molecule has 1 N–H and O–H groups in total. The van der Waals surface area contributed by atoms with Gasteiger partial charge in [0.2, 0.25) is 11.7 Å². The first kappa shape index (κ1) is 19.9. The lowest BCUT2D eigenvalue weighted by Gasteiger charge is -2.22. The highest BCUT2D eigenvalue weighted by Crippen LogP contribution is 2.56. The van der Waals surface area contributed by atoms with Gasteiger partial charge in [-0.3, -0.25) is 18.8 Å². The highest BCUT2D eigenvalue weighted by molar-refractivity contribution is 7.49. The summed E-state index contributed by atoms with van der Waals surface area (Å²) in [5, 5.41) is 0.624. The summed E-state index contributed by atoms with van der Waals surface area (Å²) in [6.45, 7) is -0.552. The van der Waals surface area contributed by atoms with Crippen LogP contribution in [0.25, 0.3) is 5.88 Å². The van der Waals surface area contributed by atoms with E-state index in [-0.39, 0.29) is 30.6 Å². The molecule has 4 rings (SSSR count). The maximum atomic E-state index is 13.5. The van der Waals surface area contributed by atoms with Crippen molar-refractivity contribution >= 4 is 31.0 Å². The predicted molar refractivity (Wildman–Crippen MR) is 99.2 cm³/mol. The van der Waals surface area contributed by atoms with Crippen molar-refractivity contribution in [3.63, 3.8) is 0 Å². The van der Waals surface area contributed by atoms with Gasteiger partial charge in [-0.15, -0.1) is 0 Å². The Kier molecular flexibility index (Phi) is 5.14. The van der Waals surface area contributed by atoms with E-state index in [1.54, 1.807) is 23.2 Å². The molecule has 2 aromatic heterocycles. The summed E-state index contributed by atoms with van der Waals surface area (Å²) in [6.07, 6.45) is 0.655. The number of aromatic amines is 1. The molecule has 1 aliphatic heterocycles. The molecule has 0 fully saturated rings. The minimum absolute atomic E-state index is 0.0293. The molecule has 0 radical (unpaired) electrons. The first-order valence-corrected chi connectivity index (χ1v) is 10.1. The summed E-state index contributed by atoms with van der Waals surface area (Å²) in [7, 11) is -4.05. The Morgan fingerprint density at radius 3 is 2.72 bits per heavy atom.